The maximum Gasteiger partial charge on any atom is 0.271 e. The lowest BCUT2D eigenvalue weighted by molar-refractivity contribution is -0.384. The van der Waals surface area contributed by atoms with Crippen molar-refractivity contribution < 1.29 is 9.66 Å². The Morgan fingerprint density at radius 1 is 1.62 bits per heavy atom. The number of nitro groups is 1. The number of nitro benzene ring substituents is 1. The predicted octanol–water partition coefficient (Wildman–Crippen LogP) is 3.59. The summed E-state index contributed by atoms with van der Waals surface area (Å²) in [7, 11) is 0. The fraction of sp³-hybridized carbons (Fsp3) is 0.273. The van der Waals surface area contributed by atoms with E-state index in [1.807, 2.05) is 6.92 Å². The van der Waals surface area contributed by atoms with Crippen LogP contribution < -0.4 is 4.74 Å². The molecule has 0 aromatic heterocycles. The molecule has 86 valence electrons. The van der Waals surface area contributed by atoms with E-state index in [2.05, 4.69) is 6.58 Å². The summed E-state index contributed by atoms with van der Waals surface area (Å²) >= 11 is 5.84. The fourth-order valence-corrected chi connectivity index (χ4v) is 1.28. The van der Waals surface area contributed by atoms with Crippen molar-refractivity contribution in [1.29, 1.82) is 0 Å². The number of hydrogen-bond acceptors (Lipinski definition) is 3. The second kappa shape index (κ2) is 5.51. The highest BCUT2D eigenvalue weighted by Gasteiger charge is 2.09. The second-order valence-electron chi connectivity index (χ2n) is 3.43. The van der Waals surface area contributed by atoms with Crippen molar-refractivity contribution in [2.45, 2.75) is 13.3 Å². The van der Waals surface area contributed by atoms with Gasteiger partial charge in [-0.05, 0) is 13.0 Å². The van der Waals surface area contributed by atoms with Gasteiger partial charge in [-0.25, -0.2) is 0 Å². The van der Waals surface area contributed by atoms with Gasteiger partial charge in [0, 0.05) is 18.6 Å². The molecule has 0 aliphatic heterocycles. The summed E-state index contributed by atoms with van der Waals surface area (Å²) in [5.74, 6) is 0.452. The normalized spacial score (nSPS) is 9.88. The Balaban J connectivity index is 2.68. The molecule has 5 heteroatoms. The number of nitrogens with zero attached hydrogens (tertiary/aromatic N) is 1. The number of non-ortho nitro benzene ring substituents is 1. The Kier molecular flexibility index (Phi) is 4.31. The average Bonchev–Trinajstić information content (AvgIpc) is 2.19. The van der Waals surface area contributed by atoms with Crippen LogP contribution in [0.1, 0.15) is 13.3 Å². The van der Waals surface area contributed by atoms with Crippen LogP contribution in [0.3, 0.4) is 0 Å². The van der Waals surface area contributed by atoms with E-state index in [0.29, 0.717) is 12.4 Å². The summed E-state index contributed by atoms with van der Waals surface area (Å²) in [5, 5.41) is 10.7. The second-order valence-corrected chi connectivity index (χ2v) is 3.83. The molecule has 0 unspecified atom stereocenters. The molecular formula is C11H12ClNO3. The third-order valence-corrected chi connectivity index (χ3v) is 2.21. The summed E-state index contributed by atoms with van der Waals surface area (Å²) in [6.07, 6.45) is 0.729. The standard InChI is InChI=1S/C11H12ClNO3/c1-8(2)5-6-16-11-4-3-9(13(14)15)7-10(11)12/h3-4,7H,1,5-6H2,2H3. The van der Waals surface area contributed by atoms with E-state index in [1.54, 1.807) is 0 Å². The molecule has 0 aliphatic rings. The molecule has 0 N–H and O–H groups in total. The molecule has 1 rings (SSSR count). The van der Waals surface area contributed by atoms with Gasteiger partial charge in [0.05, 0.1) is 16.6 Å². The van der Waals surface area contributed by atoms with Crippen LogP contribution in [0.15, 0.2) is 30.4 Å². The van der Waals surface area contributed by atoms with Crippen LogP contribution >= 0.6 is 11.6 Å². The zero-order valence-electron chi connectivity index (χ0n) is 8.90. The zero-order chi connectivity index (χ0) is 12.1. The number of benzene rings is 1. The van der Waals surface area contributed by atoms with Crippen LogP contribution in [0.25, 0.3) is 0 Å². The fourth-order valence-electron chi connectivity index (χ4n) is 1.06. The van der Waals surface area contributed by atoms with Gasteiger partial charge < -0.3 is 4.74 Å². The largest absolute Gasteiger partial charge is 0.492 e. The number of ether oxygens (including phenoxy) is 1. The van der Waals surface area contributed by atoms with E-state index in [9.17, 15) is 10.1 Å². The average molecular weight is 242 g/mol. The Morgan fingerprint density at radius 3 is 2.81 bits per heavy atom. The molecule has 0 spiro atoms. The smallest absolute Gasteiger partial charge is 0.271 e. The first-order valence-electron chi connectivity index (χ1n) is 4.72. The van der Waals surface area contributed by atoms with Gasteiger partial charge >= 0.3 is 0 Å². The molecule has 0 saturated carbocycles. The zero-order valence-corrected chi connectivity index (χ0v) is 9.66. The molecule has 0 fully saturated rings. The first kappa shape index (κ1) is 12.5. The van der Waals surface area contributed by atoms with Gasteiger partial charge in [-0.2, -0.15) is 0 Å². The molecule has 0 bridgehead atoms. The lowest BCUT2D eigenvalue weighted by Gasteiger charge is -2.07. The van der Waals surface area contributed by atoms with Crippen LogP contribution in [0.2, 0.25) is 5.02 Å². The predicted molar refractivity (Wildman–Crippen MR) is 63.0 cm³/mol. The molecule has 0 aliphatic carbocycles. The van der Waals surface area contributed by atoms with Gasteiger partial charge in [0.1, 0.15) is 5.75 Å². The highest BCUT2D eigenvalue weighted by Crippen LogP contribution is 2.28. The van der Waals surface area contributed by atoms with Gasteiger partial charge in [-0.3, -0.25) is 10.1 Å². The molecule has 4 nitrogen and oxygen atoms in total. The van der Waals surface area contributed by atoms with Crippen LogP contribution in [-0.4, -0.2) is 11.5 Å². The molecule has 0 atom stereocenters. The van der Waals surface area contributed by atoms with E-state index >= 15 is 0 Å². The molecule has 0 amide bonds. The van der Waals surface area contributed by atoms with Gasteiger partial charge in [0.15, 0.2) is 0 Å². The van der Waals surface area contributed by atoms with Crippen LogP contribution in [0.4, 0.5) is 5.69 Å². The van der Waals surface area contributed by atoms with Crippen molar-refractivity contribution in [1.82, 2.24) is 0 Å². The molecular weight excluding hydrogens is 230 g/mol. The molecule has 16 heavy (non-hydrogen) atoms. The van der Waals surface area contributed by atoms with Crippen LogP contribution in [-0.2, 0) is 0 Å². The molecule has 0 radical (unpaired) electrons. The van der Waals surface area contributed by atoms with E-state index in [-0.39, 0.29) is 10.7 Å². The van der Waals surface area contributed by atoms with E-state index < -0.39 is 4.92 Å². The first-order chi connectivity index (χ1) is 7.50. The Labute approximate surface area is 98.6 Å². The minimum absolute atomic E-state index is 0.0442. The minimum Gasteiger partial charge on any atom is -0.492 e. The minimum atomic E-state index is -0.496. The van der Waals surface area contributed by atoms with Gasteiger partial charge in [0.25, 0.3) is 5.69 Å². The molecule has 0 heterocycles. The number of rotatable bonds is 5. The monoisotopic (exact) mass is 241 g/mol. The first-order valence-corrected chi connectivity index (χ1v) is 5.09. The summed E-state index contributed by atoms with van der Waals surface area (Å²) < 4.78 is 5.37. The van der Waals surface area contributed by atoms with E-state index in [0.717, 1.165) is 12.0 Å². The van der Waals surface area contributed by atoms with Crippen molar-refractivity contribution in [3.8, 4) is 5.75 Å². The van der Waals surface area contributed by atoms with Crippen molar-refractivity contribution >= 4 is 17.3 Å². The van der Waals surface area contributed by atoms with Gasteiger partial charge in [0.2, 0.25) is 0 Å². The highest BCUT2D eigenvalue weighted by atomic mass is 35.5. The molecule has 0 saturated heterocycles. The van der Waals surface area contributed by atoms with Crippen molar-refractivity contribution in [3.63, 3.8) is 0 Å². The SMILES string of the molecule is C=C(C)CCOc1ccc([N+](=O)[O-])cc1Cl. The third kappa shape index (κ3) is 3.55. The van der Waals surface area contributed by atoms with E-state index in [1.165, 1.54) is 18.2 Å². The summed E-state index contributed by atoms with van der Waals surface area (Å²) in [6.45, 7) is 6.11. The Bertz CT molecular complexity index is 418. The third-order valence-electron chi connectivity index (χ3n) is 1.91. The lowest BCUT2D eigenvalue weighted by Crippen LogP contribution is -1.98. The quantitative estimate of drug-likeness (QED) is 0.450. The highest BCUT2D eigenvalue weighted by molar-refractivity contribution is 6.32. The van der Waals surface area contributed by atoms with E-state index in [4.69, 9.17) is 16.3 Å². The number of halogens is 1. The summed E-state index contributed by atoms with van der Waals surface area (Å²) in [6, 6.07) is 4.14. The van der Waals surface area contributed by atoms with Gasteiger partial charge in [-0.15, -0.1) is 6.58 Å². The van der Waals surface area contributed by atoms with Crippen molar-refractivity contribution in [3.05, 3.63) is 45.5 Å². The van der Waals surface area contributed by atoms with Crippen molar-refractivity contribution in [2.24, 2.45) is 0 Å². The van der Waals surface area contributed by atoms with Crippen LogP contribution in [0, 0.1) is 10.1 Å². The molecule has 1 aromatic rings. The van der Waals surface area contributed by atoms with Crippen molar-refractivity contribution in [2.75, 3.05) is 6.61 Å². The topological polar surface area (TPSA) is 52.4 Å². The Morgan fingerprint density at radius 2 is 2.31 bits per heavy atom. The molecule has 1 aromatic carbocycles. The maximum absolute atomic E-state index is 10.5. The van der Waals surface area contributed by atoms with Crippen LogP contribution in [0.5, 0.6) is 5.75 Å². The Hall–Kier alpha value is -1.55. The maximum atomic E-state index is 10.5. The van der Waals surface area contributed by atoms with Gasteiger partial charge in [-0.1, -0.05) is 17.2 Å². The number of hydrogen-bond donors (Lipinski definition) is 0. The summed E-state index contributed by atoms with van der Waals surface area (Å²) in [5.41, 5.74) is 0.968. The lowest BCUT2D eigenvalue weighted by atomic mass is 10.2. The summed E-state index contributed by atoms with van der Waals surface area (Å²) in [4.78, 5) is 9.97.